The van der Waals surface area contributed by atoms with Gasteiger partial charge in [-0.1, -0.05) is 72.8 Å². The van der Waals surface area contributed by atoms with Gasteiger partial charge in [0, 0.05) is 22.5 Å². The van der Waals surface area contributed by atoms with Gasteiger partial charge in [0.1, 0.15) is 0 Å². The summed E-state index contributed by atoms with van der Waals surface area (Å²) in [5.74, 6) is 0. The Morgan fingerprint density at radius 3 is 1.65 bits per heavy atom. The second kappa shape index (κ2) is 6.86. The number of benzene rings is 4. The number of hydrogen-bond acceptors (Lipinski definition) is 3. The van der Waals surface area contributed by atoms with Crippen molar-refractivity contribution in [3.63, 3.8) is 0 Å². The molecule has 0 radical (unpaired) electrons. The molecule has 1 fully saturated rings. The van der Waals surface area contributed by atoms with Crippen LogP contribution in [0.5, 0.6) is 0 Å². The van der Waals surface area contributed by atoms with Crippen molar-refractivity contribution in [2.24, 2.45) is 0 Å². The fourth-order valence-electron chi connectivity index (χ4n) is 4.65. The first-order valence-electron chi connectivity index (χ1n) is 10.3. The van der Waals surface area contributed by atoms with Crippen molar-refractivity contribution in [1.82, 2.24) is 5.32 Å². The van der Waals surface area contributed by atoms with Gasteiger partial charge in [0.2, 0.25) is 0 Å². The van der Waals surface area contributed by atoms with Crippen LogP contribution >= 0.6 is 12.2 Å². The Bertz CT molecular complexity index is 1230. The van der Waals surface area contributed by atoms with Crippen molar-refractivity contribution in [1.29, 1.82) is 0 Å². The number of hydrogen-bond donors (Lipinski definition) is 2. The van der Waals surface area contributed by atoms with Crippen LogP contribution in [0.3, 0.4) is 0 Å². The summed E-state index contributed by atoms with van der Waals surface area (Å²) in [5.41, 5.74) is 5.74. The zero-order chi connectivity index (χ0) is 20.8. The molecule has 4 aromatic rings. The van der Waals surface area contributed by atoms with Gasteiger partial charge in [-0.15, -0.1) is 0 Å². The molecule has 6 rings (SSSR count). The van der Waals surface area contributed by atoms with Crippen LogP contribution < -0.4 is 20.7 Å². The number of nitrogens with zero attached hydrogens (tertiary/aromatic N) is 2. The summed E-state index contributed by atoms with van der Waals surface area (Å²) in [4.78, 5) is 0. The van der Waals surface area contributed by atoms with Crippen molar-refractivity contribution < 1.29 is 0 Å². The van der Waals surface area contributed by atoms with Gasteiger partial charge in [-0.25, -0.2) is 10.0 Å². The Balaban J connectivity index is 1.69. The molecule has 0 bridgehead atoms. The van der Waals surface area contributed by atoms with Gasteiger partial charge in [0.25, 0.3) is 0 Å². The normalized spacial score (nSPS) is 15.8. The summed E-state index contributed by atoms with van der Waals surface area (Å²) in [6.45, 7) is 0. The zero-order valence-electron chi connectivity index (χ0n) is 16.7. The van der Waals surface area contributed by atoms with Gasteiger partial charge in [0.05, 0.1) is 11.4 Å². The van der Waals surface area contributed by atoms with Crippen LogP contribution in [-0.4, -0.2) is 5.11 Å². The van der Waals surface area contributed by atoms with Crippen molar-refractivity contribution in [2.75, 3.05) is 15.3 Å². The molecular formula is C26H20N4S. The van der Waals surface area contributed by atoms with E-state index in [-0.39, 0.29) is 0 Å². The van der Waals surface area contributed by atoms with E-state index in [0.29, 0.717) is 5.11 Å². The lowest BCUT2D eigenvalue weighted by molar-refractivity contribution is 0.493. The van der Waals surface area contributed by atoms with Gasteiger partial charge in [-0.3, -0.25) is 0 Å². The first-order valence-corrected chi connectivity index (χ1v) is 10.7. The van der Waals surface area contributed by atoms with E-state index in [1.165, 1.54) is 0 Å². The maximum absolute atomic E-state index is 5.96. The third-order valence-corrected chi connectivity index (χ3v) is 6.18. The van der Waals surface area contributed by atoms with Crippen LogP contribution in [0, 0.1) is 0 Å². The molecule has 5 heteroatoms. The fraction of sp³-hybridized carbons (Fsp3) is 0.0385. The number of rotatable bonds is 2. The summed E-state index contributed by atoms with van der Waals surface area (Å²) in [5, 5.41) is 12.4. The minimum Gasteiger partial charge on any atom is -0.355 e. The van der Waals surface area contributed by atoms with Crippen LogP contribution in [0.4, 0.5) is 22.7 Å². The van der Waals surface area contributed by atoms with E-state index in [1.54, 1.807) is 0 Å². The van der Waals surface area contributed by atoms with Gasteiger partial charge in [-0.2, -0.15) is 0 Å². The topological polar surface area (TPSA) is 30.5 Å². The maximum atomic E-state index is 5.96. The van der Waals surface area contributed by atoms with Crippen LogP contribution in [0.2, 0.25) is 0 Å². The summed E-state index contributed by atoms with van der Waals surface area (Å²) in [6, 6.07) is 37.5. The van der Waals surface area contributed by atoms with Crippen molar-refractivity contribution in [2.45, 2.75) is 5.66 Å². The Morgan fingerprint density at radius 1 is 0.581 bits per heavy atom. The van der Waals surface area contributed by atoms with Crippen LogP contribution in [0.1, 0.15) is 11.1 Å². The average Bonchev–Trinajstić information content (AvgIpc) is 3.14. The molecule has 4 nitrogen and oxygen atoms in total. The Hall–Kier alpha value is -3.83. The van der Waals surface area contributed by atoms with E-state index < -0.39 is 5.66 Å². The molecule has 0 aromatic heterocycles. The van der Waals surface area contributed by atoms with Gasteiger partial charge in [-0.05, 0) is 48.6 Å². The van der Waals surface area contributed by atoms with E-state index in [1.807, 2.05) is 24.3 Å². The second-order valence-electron chi connectivity index (χ2n) is 7.65. The second-order valence-corrected chi connectivity index (χ2v) is 8.04. The quantitative estimate of drug-likeness (QED) is 0.403. The molecular weight excluding hydrogens is 400 g/mol. The lowest BCUT2D eigenvalue weighted by Gasteiger charge is -2.45. The molecule has 2 aliphatic heterocycles. The molecule has 0 saturated carbocycles. The predicted octanol–water partition coefficient (Wildman–Crippen LogP) is 5.76. The summed E-state index contributed by atoms with van der Waals surface area (Å²) < 4.78 is 0. The Morgan fingerprint density at radius 2 is 1.06 bits per heavy atom. The standard InChI is InChI=1S/C26H20N4S/c31-25-28-26(21-15-7-9-17-23(21)27-24-18-10-8-16-22(24)26)30(20-13-5-2-6-14-20)29(25)19-11-3-1-4-12-19/h1-18,27H,(H,28,31). The van der Waals surface area contributed by atoms with Crippen molar-refractivity contribution in [3.05, 3.63) is 120 Å². The molecule has 0 atom stereocenters. The highest BCUT2D eigenvalue weighted by Gasteiger charge is 2.54. The number of para-hydroxylation sites is 4. The van der Waals surface area contributed by atoms with Crippen LogP contribution in [-0.2, 0) is 5.66 Å². The van der Waals surface area contributed by atoms with Gasteiger partial charge in [0.15, 0.2) is 10.8 Å². The molecule has 2 N–H and O–H groups in total. The highest BCUT2D eigenvalue weighted by atomic mass is 32.1. The highest BCUT2D eigenvalue weighted by molar-refractivity contribution is 7.80. The molecule has 0 amide bonds. The van der Waals surface area contributed by atoms with Gasteiger partial charge < -0.3 is 10.6 Å². The summed E-state index contributed by atoms with van der Waals surface area (Å²) in [7, 11) is 0. The zero-order valence-corrected chi connectivity index (χ0v) is 17.5. The van der Waals surface area contributed by atoms with Crippen molar-refractivity contribution >= 4 is 40.1 Å². The number of anilines is 4. The number of thiocarbonyl (C=S) groups is 1. The third-order valence-electron chi connectivity index (χ3n) is 5.90. The lowest BCUT2D eigenvalue weighted by atomic mass is 9.85. The minimum atomic E-state index is -0.688. The molecule has 4 aromatic carbocycles. The number of hydrazine groups is 1. The van der Waals surface area contributed by atoms with Gasteiger partial charge >= 0.3 is 0 Å². The Kier molecular flexibility index (Phi) is 3.98. The number of nitrogens with one attached hydrogen (secondary N) is 2. The molecule has 2 aliphatic rings. The number of fused-ring (bicyclic) bond motifs is 4. The molecule has 0 unspecified atom stereocenters. The highest BCUT2D eigenvalue weighted by Crippen LogP contribution is 2.51. The van der Waals surface area contributed by atoms with E-state index >= 15 is 0 Å². The predicted molar refractivity (Wildman–Crippen MR) is 131 cm³/mol. The first kappa shape index (κ1) is 18.0. The van der Waals surface area contributed by atoms with Crippen molar-refractivity contribution in [3.8, 4) is 0 Å². The molecule has 1 saturated heterocycles. The summed E-state index contributed by atoms with van der Waals surface area (Å²) >= 11 is 5.96. The molecule has 2 heterocycles. The van der Waals surface area contributed by atoms with Crippen LogP contribution in [0.25, 0.3) is 0 Å². The average molecular weight is 421 g/mol. The lowest BCUT2D eigenvalue weighted by Crippen LogP contribution is -2.54. The largest absolute Gasteiger partial charge is 0.355 e. The third kappa shape index (κ3) is 2.57. The SMILES string of the molecule is S=C1NC2(c3ccccc3Nc3ccccc32)N(c2ccccc2)N1c1ccccc1. The molecule has 31 heavy (non-hydrogen) atoms. The van der Waals surface area contributed by atoms with E-state index in [4.69, 9.17) is 12.2 Å². The summed E-state index contributed by atoms with van der Waals surface area (Å²) in [6.07, 6.45) is 0. The van der Waals surface area contributed by atoms with Crippen LogP contribution in [0.15, 0.2) is 109 Å². The minimum absolute atomic E-state index is 0.654. The first-order chi connectivity index (χ1) is 15.3. The molecule has 150 valence electrons. The monoisotopic (exact) mass is 420 g/mol. The molecule has 1 spiro atoms. The Labute approximate surface area is 186 Å². The van der Waals surface area contributed by atoms with E-state index in [0.717, 1.165) is 33.9 Å². The molecule has 0 aliphatic carbocycles. The van der Waals surface area contributed by atoms with E-state index in [2.05, 4.69) is 106 Å². The smallest absolute Gasteiger partial charge is 0.195 e. The maximum Gasteiger partial charge on any atom is 0.195 e. The fourth-order valence-corrected chi connectivity index (χ4v) is 4.98. The van der Waals surface area contributed by atoms with E-state index in [9.17, 15) is 0 Å².